The Kier molecular flexibility index (Phi) is 4.26. The molecular weight excluding hydrogens is 258 g/mol. The number of ether oxygens (including phenoxy) is 1. The third-order valence-corrected chi connectivity index (χ3v) is 4.42. The summed E-state index contributed by atoms with van der Waals surface area (Å²) in [5.41, 5.74) is 10.1. The summed E-state index contributed by atoms with van der Waals surface area (Å²) in [5.74, 6) is 1.68. The molecule has 0 aliphatic heterocycles. The Labute approximate surface area is 126 Å². The molecule has 0 aromatic heterocycles. The lowest BCUT2D eigenvalue weighted by Gasteiger charge is -2.26. The molecule has 1 atom stereocenters. The second kappa shape index (κ2) is 6.31. The van der Waals surface area contributed by atoms with Gasteiger partial charge in [0.05, 0.1) is 12.6 Å². The van der Waals surface area contributed by atoms with Gasteiger partial charge in [-0.1, -0.05) is 42.8 Å². The van der Waals surface area contributed by atoms with Gasteiger partial charge in [0, 0.05) is 0 Å². The summed E-state index contributed by atoms with van der Waals surface area (Å²) in [6.45, 7) is 2.68. The van der Waals surface area contributed by atoms with E-state index in [2.05, 4.69) is 36.4 Å². The maximum Gasteiger partial charge on any atom is 0.119 e. The minimum Gasteiger partial charge on any atom is -0.494 e. The maximum absolute atomic E-state index is 6.37. The molecule has 2 aromatic rings. The first-order chi connectivity index (χ1) is 10.3. The SMILES string of the molecule is CCOc1ccc(C(N)c2ccc(C3CCC3)cc2)cc1. The fraction of sp³-hybridized carbons (Fsp3) is 0.368. The van der Waals surface area contributed by atoms with Gasteiger partial charge < -0.3 is 10.5 Å². The standard InChI is InChI=1S/C19H23NO/c1-2-21-18-12-10-17(11-13-18)19(20)16-8-6-15(7-9-16)14-4-3-5-14/h6-14,19H,2-5,20H2,1H3. The molecule has 1 aliphatic rings. The molecule has 1 unspecified atom stereocenters. The van der Waals surface area contributed by atoms with Crippen LogP contribution in [0.15, 0.2) is 48.5 Å². The van der Waals surface area contributed by atoms with Gasteiger partial charge in [0.25, 0.3) is 0 Å². The van der Waals surface area contributed by atoms with Crippen LogP contribution < -0.4 is 10.5 Å². The predicted octanol–water partition coefficient (Wildman–Crippen LogP) is 4.40. The van der Waals surface area contributed by atoms with Crippen LogP contribution >= 0.6 is 0 Å². The molecule has 0 heterocycles. The van der Waals surface area contributed by atoms with Crippen molar-refractivity contribution in [3.8, 4) is 5.75 Å². The van der Waals surface area contributed by atoms with Crippen LogP contribution in [0.3, 0.4) is 0 Å². The van der Waals surface area contributed by atoms with Crippen molar-refractivity contribution in [2.45, 2.75) is 38.1 Å². The van der Waals surface area contributed by atoms with Crippen LogP contribution in [0.4, 0.5) is 0 Å². The van der Waals surface area contributed by atoms with Crippen LogP contribution in [-0.4, -0.2) is 6.61 Å². The first-order valence-corrected chi connectivity index (χ1v) is 7.86. The summed E-state index contributed by atoms with van der Waals surface area (Å²) in [4.78, 5) is 0. The van der Waals surface area contributed by atoms with Gasteiger partial charge in [0.1, 0.15) is 5.75 Å². The molecule has 0 radical (unpaired) electrons. The molecule has 3 rings (SSSR count). The average Bonchev–Trinajstić information content (AvgIpc) is 2.47. The van der Waals surface area contributed by atoms with E-state index < -0.39 is 0 Å². The highest BCUT2D eigenvalue weighted by atomic mass is 16.5. The summed E-state index contributed by atoms with van der Waals surface area (Å²) in [6, 6.07) is 16.8. The Bertz CT molecular complexity index is 570. The minimum atomic E-state index is -0.0730. The fourth-order valence-corrected chi connectivity index (χ4v) is 2.85. The van der Waals surface area contributed by atoms with E-state index in [1.807, 2.05) is 19.1 Å². The molecule has 0 amide bonds. The summed E-state index contributed by atoms with van der Waals surface area (Å²) < 4.78 is 5.47. The highest BCUT2D eigenvalue weighted by Crippen LogP contribution is 2.36. The monoisotopic (exact) mass is 281 g/mol. The summed E-state index contributed by atoms with van der Waals surface area (Å²) in [6.07, 6.45) is 4.05. The van der Waals surface area contributed by atoms with Crippen molar-refractivity contribution in [1.29, 1.82) is 0 Å². The highest BCUT2D eigenvalue weighted by molar-refractivity contribution is 5.37. The Morgan fingerprint density at radius 2 is 1.57 bits per heavy atom. The molecule has 110 valence electrons. The second-order valence-corrected chi connectivity index (χ2v) is 5.77. The zero-order valence-corrected chi connectivity index (χ0v) is 12.6. The van der Waals surface area contributed by atoms with Gasteiger partial charge in [-0.25, -0.2) is 0 Å². The summed E-state index contributed by atoms with van der Waals surface area (Å²) in [5, 5.41) is 0. The first-order valence-electron chi connectivity index (χ1n) is 7.86. The normalized spacial score (nSPS) is 16.3. The smallest absolute Gasteiger partial charge is 0.119 e. The molecule has 2 nitrogen and oxygen atoms in total. The molecule has 0 spiro atoms. The number of benzene rings is 2. The van der Waals surface area contributed by atoms with E-state index in [0.717, 1.165) is 17.2 Å². The second-order valence-electron chi connectivity index (χ2n) is 5.77. The average molecular weight is 281 g/mol. The van der Waals surface area contributed by atoms with E-state index in [0.29, 0.717) is 6.61 Å². The zero-order valence-electron chi connectivity index (χ0n) is 12.6. The molecule has 1 saturated carbocycles. The number of hydrogen-bond donors (Lipinski definition) is 1. The van der Waals surface area contributed by atoms with Gasteiger partial charge in [0.15, 0.2) is 0 Å². The van der Waals surface area contributed by atoms with Crippen molar-refractivity contribution < 1.29 is 4.74 Å². The van der Waals surface area contributed by atoms with Crippen molar-refractivity contribution in [3.63, 3.8) is 0 Å². The molecule has 1 aliphatic carbocycles. The first kappa shape index (κ1) is 14.2. The van der Waals surface area contributed by atoms with Gasteiger partial charge >= 0.3 is 0 Å². The van der Waals surface area contributed by atoms with Gasteiger partial charge in [-0.2, -0.15) is 0 Å². The molecule has 2 N–H and O–H groups in total. The van der Waals surface area contributed by atoms with E-state index in [9.17, 15) is 0 Å². The van der Waals surface area contributed by atoms with Crippen LogP contribution in [0, 0.1) is 0 Å². The topological polar surface area (TPSA) is 35.2 Å². The highest BCUT2D eigenvalue weighted by Gasteiger charge is 2.19. The van der Waals surface area contributed by atoms with Gasteiger partial charge in [-0.3, -0.25) is 0 Å². The van der Waals surface area contributed by atoms with Crippen molar-refractivity contribution in [2.75, 3.05) is 6.61 Å². The van der Waals surface area contributed by atoms with Crippen molar-refractivity contribution in [3.05, 3.63) is 65.2 Å². The molecule has 2 heteroatoms. The summed E-state index contributed by atoms with van der Waals surface area (Å²) >= 11 is 0. The van der Waals surface area contributed by atoms with E-state index in [4.69, 9.17) is 10.5 Å². The van der Waals surface area contributed by atoms with Crippen molar-refractivity contribution >= 4 is 0 Å². The fourth-order valence-electron chi connectivity index (χ4n) is 2.85. The van der Waals surface area contributed by atoms with Crippen LogP contribution in [0.1, 0.15) is 54.8 Å². The number of nitrogens with two attached hydrogens (primary N) is 1. The maximum atomic E-state index is 6.37. The Hall–Kier alpha value is -1.80. The zero-order chi connectivity index (χ0) is 14.7. The molecular formula is C19H23NO. The lowest BCUT2D eigenvalue weighted by molar-refractivity contribution is 0.340. The van der Waals surface area contributed by atoms with Crippen LogP contribution in [-0.2, 0) is 0 Å². The van der Waals surface area contributed by atoms with Crippen LogP contribution in [0.2, 0.25) is 0 Å². The predicted molar refractivity (Wildman–Crippen MR) is 86.7 cm³/mol. The van der Waals surface area contributed by atoms with Crippen molar-refractivity contribution in [1.82, 2.24) is 0 Å². The molecule has 0 saturated heterocycles. The lowest BCUT2D eigenvalue weighted by atomic mass is 9.79. The molecule has 1 fully saturated rings. The third-order valence-electron chi connectivity index (χ3n) is 4.42. The van der Waals surface area contributed by atoms with Gasteiger partial charge in [-0.15, -0.1) is 0 Å². The quantitative estimate of drug-likeness (QED) is 0.881. The molecule has 2 aromatic carbocycles. The van der Waals surface area contributed by atoms with E-state index in [1.54, 1.807) is 0 Å². The number of rotatable bonds is 5. The van der Waals surface area contributed by atoms with Crippen molar-refractivity contribution in [2.24, 2.45) is 5.73 Å². The third kappa shape index (κ3) is 3.11. The summed E-state index contributed by atoms with van der Waals surface area (Å²) in [7, 11) is 0. The van der Waals surface area contributed by atoms with Crippen LogP contribution in [0.25, 0.3) is 0 Å². The largest absolute Gasteiger partial charge is 0.494 e. The van der Waals surface area contributed by atoms with E-state index in [1.165, 1.54) is 30.4 Å². The van der Waals surface area contributed by atoms with E-state index >= 15 is 0 Å². The Balaban J connectivity index is 1.72. The number of hydrogen-bond acceptors (Lipinski definition) is 2. The Morgan fingerprint density at radius 3 is 2.05 bits per heavy atom. The minimum absolute atomic E-state index is 0.0730. The van der Waals surface area contributed by atoms with Gasteiger partial charge in [-0.05, 0) is 54.5 Å². The lowest BCUT2D eigenvalue weighted by Crippen LogP contribution is -2.13. The van der Waals surface area contributed by atoms with E-state index in [-0.39, 0.29) is 6.04 Å². The van der Waals surface area contributed by atoms with Gasteiger partial charge in [0.2, 0.25) is 0 Å². The molecule has 0 bridgehead atoms. The molecule has 21 heavy (non-hydrogen) atoms. The van der Waals surface area contributed by atoms with Crippen LogP contribution in [0.5, 0.6) is 5.75 Å². The Morgan fingerprint density at radius 1 is 1.00 bits per heavy atom.